The predicted molar refractivity (Wildman–Crippen MR) is 50.0 cm³/mol. The van der Waals surface area contributed by atoms with Gasteiger partial charge in [-0.15, -0.1) is 0 Å². The number of nitrogen functional groups attached to an aromatic ring is 1. The van der Waals surface area contributed by atoms with E-state index in [1.54, 1.807) is 0 Å². The number of carbonyl (C=O) groups is 1. The summed E-state index contributed by atoms with van der Waals surface area (Å²) in [5.41, 5.74) is 5.06. The molecule has 1 aliphatic rings. The Bertz CT molecular complexity index is 370. The Morgan fingerprint density at radius 3 is 2.93 bits per heavy atom. The van der Waals surface area contributed by atoms with Crippen LogP contribution in [0.1, 0.15) is 23.8 Å². The fourth-order valence-corrected chi connectivity index (χ4v) is 1.45. The van der Waals surface area contributed by atoms with E-state index in [0.29, 0.717) is 13.2 Å². The average molecular weight is 212 g/mol. The van der Waals surface area contributed by atoms with Crippen LogP contribution in [-0.2, 0) is 4.74 Å². The van der Waals surface area contributed by atoms with Crippen LogP contribution >= 0.6 is 0 Å². The van der Waals surface area contributed by atoms with Crippen LogP contribution in [0.4, 0.5) is 5.82 Å². The molecule has 0 saturated carbocycles. The molecule has 1 unspecified atom stereocenters. The first-order chi connectivity index (χ1) is 7.11. The van der Waals surface area contributed by atoms with E-state index in [4.69, 9.17) is 10.5 Å². The van der Waals surface area contributed by atoms with Gasteiger partial charge >= 0.3 is 0 Å². The standard InChI is InChI=1S/C8H12N4O3/c1-8(2-3-14-4-8)10-7(13)5-6(9)12-15-11-5/h2-4H2,1H3,(H2,9,12)(H,10,13). The molecule has 15 heavy (non-hydrogen) atoms. The number of nitrogens with one attached hydrogen (secondary N) is 1. The van der Waals surface area contributed by atoms with Crippen LogP contribution < -0.4 is 11.1 Å². The summed E-state index contributed by atoms with van der Waals surface area (Å²) in [5.74, 6) is -0.392. The first kappa shape index (κ1) is 9.91. The molecule has 0 spiro atoms. The van der Waals surface area contributed by atoms with Crippen LogP contribution in [0.15, 0.2) is 4.63 Å². The van der Waals surface area contributed by atoms with E-state index in [-0.39, 0.29) is 23.0 Å². The lowest BCUT2D eigenvalue weighted by atomic mass is 10.0. The van der Waals surface area contributed by atoms with Crippen molar-refractivity contribution in [2.45, 2.75) is 18.9 Å². The van der Waals surface area contributed by atoms with E-state index in [9.17, 15) is 4.79 Å². The summed E-state index contributed by atoms with van der Waals surface area (Å²) < 4.78 is 9.55. The molecule has 1 aromatic rings. The normalized spacial score (nSPS) is 25.4. The van der Waals surface area contributed by atoms with Crippen LogP contribution in [0.25, 0.3) is 0 Å². The van der Waals surface area contributed by atoms with Crippen molar-refractivity contribution >= 4 is 11.7 Å². The van der Waals surface area contributed by atoms with Gasteiger partial charge in [-0.05, 0) is 23.7 Å². The summed E-state index contributed by atoms with van der Waals surface area (Å²) >= 11 is 0. The molecule has 0 aliphatic carbocycles. The highest BCUT2D eigenvalue weighted by molar-refractivity contribution is 5.96. The summed E-state index contributed by atoms with van der Waals surface area (Å²) in [5, 5.41) is 9.55. The van der Waals surface area contributed by atoms with Crippen LogP contribution in [0, 0.1) is 0 Å². The molecule has 1 saturated heterocycles. The highest BCUT2D eigenvalue weighted by Crippen LogP contribution is 2.18. The molecule has 1 aliphatic heterocycles. The molecule has 82 valence electrons. The topological polar surface area (TPSA) is 103 Å². The third kappa shape index (κ3) is 1.91. The maximum Gasteiger partial charge on any atom is 0.277 e. The first-order valence-corrected chi connectivity index (χ1v) is 4.59. The monoisotopic (exact) mass is 212 g/mol. The highest BCUT2D eigenvalue weighted by Gasteiger charge is 2.33. The molecule has 1 amide bonds. The summed E-state index contributed by atoms with van der Waals surface area (Å²) in [6.07, 6.45) is 0.768. The molecular formula is C8H12N4O3. The Kier molecular flexibility index (Phi) is 2.31. The molecule has 0 bridgehead atoms. The van der Waals surface area contributed by atoms with E-state index in [1.165, 1.54) is 0 Å². The maximum atomic E-state index is 11.7. The lowest BCUT2D eigenvalue weighted by Crippen LogP contribution is -2.46. The quantitative estimate of drug-likeness (QED) is 0.688. The van der Waals surface area contributed by atoms with Gasteiger partial charge in [-0.1, -0.05) is 0 Å². The number of rotatable bonds is 2. The second-order valence-corrected chi connectivity index (χ2v) is 3.82. The van der Waals surface area contributed by atoms with Crippen molar-refractivity contribution in [3.63, 3.8) is 0 Å². The zero-order valence-corrected chi connectivity index (χ0v) is 8.32. The Hall–Kier alpha value is -1.63. The van der Waals surface area contributed by atoms with Crippen LogP contribution in [0.3, 0.4) is 0 Å². The molecule has 1 atom stereocenters. The minimum atomic E-state index is -0.387. The van der Waals surface area contributed by atoms with Crippen molar-refractivity contribution in [1.29, 1.82) is 0 Å². The number of ether oxygens (including phenoxy) is 1. The highest BCUT2D eigenvalue weighted by atomic mass is 16.6. The van der Waals surface area contributed by atoms with Gasteiger partial charge in [-0.3, -0.25) is 4.79 Å². The van der Waals surface area contributed by atoms with Gasteiger partial charge in [0.2, 0.25) is 11.5 Å². The number of aromatic nitrogens is 2. The summed E-state index contributed by atoms with van der Waals surface area (Å²) in [4.78, 5) is 11.7. The van der Waals surface area contributed by atoms with Crippen molar-refractivity contribution in [1.82, 2.24) is 15.6 Å². The van der Waals surface area contributed by atoms with Gasteiger partial charge < -0.3 is 15.8 Å². The van der Waals surface area contributed by atoms with E-state index in [1.807, 2.05) is 6.92 Å². The number of anilines is 1. The zero-order valence-electron chi connectivity index (χ0n) is 8.32. The minimum Gasteiger partial charge on any atom is -0.379 e. The van der Waals surface area contributed by atoms with Crippen molar-refractivity contribution in [3.8, 4) is 0 Å². The lowest BCUT2D eigenvalue weighted by molar-refractivity contribution is 0.0880. The summed E-state index contributed by atoms with van der Waals surface area (Å²) in [6.45, 7) is 3.04. The molecular weight excluding hydrogens is 200 g/mol. The number of hydrogen-bond acceptors (Lipinski definition) is 6. The van der Waals surface area contributed by atoms with Gasteiger partial charge in [-0.2, -0.15) is 0 Å². The average Bonchev–Trinajstić information content (AvgIpc) is 2.74. The fraction of sp³-hybridized carbons (Fsp3) is 0.625. The number of nitrogens with two attached hydrogens (primary N) is 1. The van der Waals surface area contributed by atoms with Gasteiger partial charge in [0, 0.05) is 6.61 Å². The van der Waals surface area contributed by atoms with E-state index < -0.39 is 0 Å². The molecule has 0 aromatic carbocycles. The van der Waals surface area contributed by atoms with Crippen molar-refractivity contribution < 1.29 is 14.2 Å². The van der Waals surface area contributed by atoms with Crippen LogP contribution in [0.2, 0.25) is 0 Å². The molecule has 3 N–H and O–H groups in total. The maximum absolute atomic E-state index is 11.7. The van der Waals surface area contributed by atoms with E-state index in [2.05, 4.69) is 20.3 Å². The Morgan fingerprint density at radius 1 is 1.60 bits per heavy atom. The minimum absolute atomic E-state index is 0.00462. The molecule has 7 heteroatoms. The third-order valence-corrected chi connectivity index (χ3v) is 2.36. The van der Waals surface area contributed by atoms with E-state index >= 15 is 0 Å². The Labute approximate surface area is 85.9 Å². The SMILES string of the molecule is CC1(NC(=O)c2nonc2N)CCOC1. The zero-order chi connectivity index (χ0) is 10.9. The summed E-state index contributed by atoms with van der Waals surface area (Å²) in [6, 6.07) is 0. The van der Waals surface area contributed by atoms with Crippen molar-refractivity contribution in [2.75, 3.05) is 18.9 Å². The lowest BCUT2D eigenvalue weighted by Gasteiger charge is -2.22. The van der Waals surface area contributed by atoms with Gasteiger partial charge in [-0.25, -0.2) is 4.63 Å². The Morgan fingerprint density at radius 2 is 2.40 bits per heavy atom. The largest absolute Gasteiger partial charge is 0.379 e. The van der Waals surface area contributed by atoms with Crippen molar-refractivity contribution in [2.24, 2.45) is 0 Å². The third-order valence-electron chi connectivity index (χ3n) is 2.36. The fourth-order valence-electron chi connectivity index (χ4n) is 1.45. The van der Waals surface area contributed by atoms with Crippen molar-refractivity contribution in [3.05, 3.63) is 5.69 Å². The van der Waals surface area contributed by atoms with Gasteiger partial charge in [0.05, 0.1) is 12.1 Å². The molecule has 2 rings (SSSR count). The number of amides is 1. The second-order valence-electron chi connectivity index (χ2n) is 3.82. The van der Waals surface area contributed by atoms with Gasteiger partial charge in [0.25, 0.3) is 5.91 Å². The van der Waals surface area contributed by atoms with E-state index in [0.717, 1.165) is 6.42 Å². The Balaban J connectivity index is 2.07. The van der Waals surface area contributed by atoms with Gasteiger partial charge in [0.15, 0.2) is 0 Å². The number of carbonyl (C=O) groups excluding carboxylic acids is 1. The molecule has 1 aromatic heterocycles. The molecule has 0 radical (unpaired) electrons. The smallest absolute Gasteiger partial charge is 0.277 e. The van der Waals surface area contributed by atoms with Gasteiger partial charge in [0.1, 0.15) is 0 Å². The number of hydrogen-bond donors (Lipinski definition) is 2. The summed E-state index contributed by atoms with van der Waals surface area (Å²) in [7, 11) is 0. The number of nitrogens with zero attached hydrogens (tertiary/aromatic N) is 2. The van der Waals surface area contributed by atoms with Crippen LogP contribution in [0.5, 0.6) is 0 Å². The molecule has 7 nitrogen and oxygen atoms in total. The predicted octanol–water partition coefficient (Wildman–Crippen LogP) is -0.439. The first-order valence-electron chi connectivity index (χ1n) is 4.59. The second kappa shape index (κ2) is 3.50. The molecule has 2 heterocycles. The van der Waals surface area contributed by atoms with Crippen LogP contribution in [-0.4, -0.2) is 35.0 Å². The molecule has 1 fully saturated rings.